The van der Waals surface area contributed by atoms with Crippen molar-refractivity contribution in [3.63, 3.8) is 0 Å². The lowest BCUT2D eigenvalue weighted by Crippen LogP contribution is -2.34. The van der Waals surface area contributed by atoms with E-state index >= 15 is 0 Å². The van der Waals surface area contributed by atoms with Crippen molar-refractivity contribution >= 4 is 46.5 Å². The van der Waals surface area contributed by atoms with Gasteiger partial charge in [0.25, 0.3) is 5.91 Å². The molecule has 0 aliphatic heterocycles. The van der Waals surface area contributed by atoms with Crippen LogP contribution in [0.2, 0.25) is 5.02 Å². The molecule has 0 radical (unpaired) electrons. The average molecular weight is 406 g/mol. The minimum absolute atomic E-state index is 0.00721. The number of carbonyl (C=O) groups is 2. The highest BCUT2D eigenvalue weighted by Gasteiger charge is 2.09. The molecule has 0 aromatic heterocycles. The summed E-state index contributed by atoms with van der Waals surface area (Å²) in [7, 11) is 0. The van der Waals surface area contributed by atoms with Crippen LogP contribution in [0.3, 0.4) is 0 Å². The van der Waals surface area contributed by atoms with Gasteiger partial charge in [-0.05, 0) is 61.1 Å². The summed E-state index contributed by atoms with van der Waals surface area (Å²) >= 11 is 11.0. The summed E-state index contributed by atoms with van der Waals surface area (Å²) in [5.74, 6) is -1.06. The smallest absolute Gasteiger partial charge is 0.257 e. The lowest BCUT2D eigenvalue weighted by molar-refractivity contribution is -0.255. The molecule has 0 spiro atoms. The number of rotatable bonds is 7. The summed E-state index contributed by atoms with van der Waals surface area (Å²) in [5.41, 5.74) is 0.737. The van der Waals surface area contributed by atoms with Crippen molar-refractivity contribution in [1.82, 2.24) is 5.32 Å². The molecule has 0 unspecified atom stereocenters. The van der Waals surface area contributed by atoms with Gasteiger partial charge in [-0.15, -0.1) is 0 Å². The zero-order valence-electron chi connectivity index (χ0n) is 14.6. The second kappa shape index (κ2) is 9.89. The predicted molar refractivity (Wildman–Crippen MR) is 106 cm³/mol. The van der Waals surface area contributed by atoms with Crippen molar-refractivity contribution in [2.45, 2.75) is 19.8 Å². The predicted octanol–water partition coefficient (Wildman–Crippen LogP) is 3.01. The fourth-order valence-corrected chi connectivity index (χ4v) is 2.60. The van der Waals surface area contributed by atoms with E-state index in [1.165, 1.54) is 18.2 Å². The van der Waals surface area contributed by atoms with E-state index in [0.29, 0.717) is 23.6 Å². The van der Waals surface area contributed by atoms with Crippen LogP contribution < -0.4 is 20.5 Å². The number of carboxylic acids is 1. The molecule has 0 heterocycles. The van der Waals surface area contributed by atoms with Gasteiger partial charge in [0.15, 0.2) is 5.11 Å². The van der Waals surface area contributed by atoms with Crippen molar-refractivity contribution in [3.8, 4) is 5.75 Å². The number of amides is 1. The summed E-state index contributed by atoms with van der Waals surface area (Å²) in [6.45, 7) is 2.72. The molecular formula is C19H18ClN2O4S-. The van der Waals surface area contributed by atoms with Gasteiger partial charge < -0.3 is 20.0 Å². The Morgan fingerprint density at radius 2 is 1.89 bits per heavy atom. The Bertz CT molecular complexity index is 840. The van der Waals surface area contributed by atoms with E-state index in [0.717, 1.165) is 12.8 Å². The van der Waals surface area contributed by atoms with Crippen molar-refractivity contribution < 1.29 is 19.4 Å². The van der Waals surface area contributed by atoms with E-state index in [4.69, 9.17) is 28.6 Å². The highest BCUT2D eigenvalue weighted by molar-refractivity contribution is 7.80. The first-order valence-corrected chi connectivity index (χ1v) is 9.05. The van der Waals surface area contributed by atoms with Crippen molar-refractivity contribution in [1.29, 1.82) is 0 Å². The SMILES string of the molecule is CCCCOc1ccc(C(=O)NC(=S)Nc2ccc(C(=O)[O-])c(Cl)c2)cc1. The molecule has 0 aliphatic carbocycles. The fourth-order valence-electron chi connectivity index (χ4n) is 2.13. The Balaban J connectivity index is 1.92. The first-order chi connectivity index (χ1) is 12.9. The van der Waals surface area contributed by atoms with Crippen molar-refractivity contribution in [2.24, 2.45) is 0 Å². The third kappa shape index (κ3) is 6.23. The highest BCUT2D eigenvalue weighted by Crippen LogP contribution is 2.20. The number of carbonyl (C=O) groups excluding carboxylic acids is 2. The number of carboxylic acid groups (broad SMARTS) is 1. The van der Waals surface area contributed by atoms with Gasteiger partial charge in [0.05, 0.1) is 17.6 Å². The minimum Gasteiger partial charge on any atom is -0.545 e. The first kappa shape index (κ1) is 20.7. The summed E-state index contributed by atoms with van der Waals surface area (Å²) in [6, 6.07) is 10.9. The zero-order chi connectivity index (χ0) is 19.8. The maximum absolute atomic E-state index is 12.2. The third-order valence-electron chi connectivity index (χ3n) is 3.56. The van der Waals surface area contributed by atoms with Gasteiger partial charge in [0.2, 0.25) is 0 Å². The second-order valence-corrected chi connectivity index (χ2v) is 6.43. The number of benzene rings is 2. The number of anilines is 1. The molecule has 0 saturated heterocycles. The Kier molecular flexibility index (Phi) is 7.57. The second-order valence-electron chi connectivity index (χ2n) is 5.62. The van der Waals surface area contributed by atoms with Crippen molar-refractivity contribution in [2.75, 3.05) is 11.9 Å². The lowest BCUT2D eigenvalue weighted by atomic mass is 10.2. The van der Waals surface area contributed by atoms with E-state index in [9.17, 15) is 14.7 Å². The molecule has 2 aromatic rings. The molecule has 27 heavy (non-hydrogen) atoms. The van der Waals surface area contributed by atoms with Gasteiger partial charge in [0, 0.05) is 16.8 Å². The average Bonchev–Trinajstić information content (AvgIpc) is 2.62. The Labute approximate surface area is 167 Å². The van der Waals surface area contributed by atoms with Crippen LogP contribution >= 0.6 is 23.8 Å². The van der Waals surface area contributed by atoms with E-state index in [1.54, 1.807) is 24.3 Å². The van der Waals surface area contributed by atoms with Crippen LogP contribution in [-0.2, 0) is 0 Å². The third-order valence-corrected chi connectivity index (χ3v) is 4.07. The number of unbranched alkanes of at least 4 members (excludes halogenated alkanes) is 1. The molecular weight excluding hydrogens is 388 g/mol. The maximum Gasteiger partial charge on any atom is 0.257 e. The number of halogens is 1. The molecule has 0 atom stereocenters. The van der Waals surface area contributed by atoms with Crippen LogP contribution in [0.25, 0.3) is 0 Å². The molecule has 2 rings (SSSR count). The van der Waals surface area contributed by atoms with Crippen LogP contribution in [0, 0.1) is 0 Å². The topological polar surface area (TPSA) is 90.5 Å². The van der Waals surface area contributed by atoms with Gasteiger partial charge in [0.1, 0.15) is 5.75 Å². The Hall–Kier alpha value is -2.64. The molecule has 0 bridgehead atoms. The van der Waals surface area contributed by atoms with E-state index in [2.05, 4.69) is 17.6 Å². The van der Waals surface area contributed by atoms with Crippen molar-refractivity contribution in [3.05, 3.63) is 58.6 Å². The number of aromatic carboxylic acids is 1. The number of nitrogens with one attached hydrogen (secondary N) is 2. The van der Waals surface area contributed by atoms with E-state index in [-0.39, 0.29) is 21.6 Å². The molecule has 0 saturated carbocycles. The summed E-state index contributed by atoms with van der Waals surface area (Å²) < 4.78 is 5.55. The van der Waals surface area contributed by atoms with Crippen LogP contribution in [0.4, 0.5) is 5.69 Å². The largest absolute Gasteiger partial charge is 0.545 e. The van der Waals surface area contributed by atoms with Crippen LogP contribution in [0.1, 0.15) is 40.5 Å². The maximum atomic E-state index is 12.2. The number of thiocarbonyl (C=S) groups is 1. The van der Waals surface area contributed by atoms with E-state index < -0.39 is 5.97 Å². The normalized spacial score (nSPS) is 10.1. The van der Waals surface area contributed by atoms with Crippen LogP contribution in [0.5, 0.6) is 5.75 Å². The van der Waals surface area contributed by atoms with Gasteiger partial charge in [-0.1, -0.05) is 24.9 Å². The molecule has 1 amide bonds. The number of hydrogen-bond donors (Lipinski definition) is 2. The zero-order valence-corrected chi connectivity index (χ0v) is 16.2. The Morgan fingerprint density at radius 1 is 1.19 bits per heavy atom. The minimum atomic E-state index is -1.37. The summed E-state index contributed by atoms with van der Waals surface area (Å²) in [6.07, 6.45) is 2.02. The fraction of sp³-hybridized carbons (Fsp3) is 0.211. The lowest BCUT2D eigenvalue weighted by Gasteiger charge is -2.12. The molecule has 8 heteroatoms. The molecule has 2 aromatic carbocycles. The summed E-state index contributed by atoms with van der Waals surface area (Å²) in [4.78, 5) is 23.1. The molecule has 2 N–H and O–H groups in total. The monoisotopic (exact) mass is 405 g/mol. The number of ether oxygens (including phenoxy) is 1. The van der Waals surface area contributed by atoms with Gasteiger partial charge >= 0.3 is 0 Å². The van der Waals surface area contributed by atoms with Crippen LogP contribution in [-0.4, -0.2) is 23.6 Å². The quantitative estimate of drug-likeness (QED) is 0.543. The van der Waals surface area contributed by atoms with E-state index in [1.807, 2.05) is 0 Å². The van der Waals surface area contributed by atoms with Gasteiger partial charge in [-0.2, -0.15) is 0 Å². The summed E-state index contributed by atoms with van der Waals surface area (Å²) in [5, 5.41) is 16.2. The standard InChI is InChI=1S/C19H19ClN2O4S/c1-2-3-10-26-14-7-4-12(5-8-14)17(23)22-19(27)21-13-6-9-15(18(24)25)16(20)11-13/h4-9,11H,2-3,10H2,1H3,(H,24,25)(H2,21,22,23,27)/p-1. The molecule has 6 nitrogen and oxygen atoms in total. The molecule has 0 aliphatic rings. The Morgan fingerprint density at radius 3 is 2.48 bits per heavy atom. The number of hydrogen-bond acceptors (Lipinski definition) is 5. The van der Waals surface area contributed by atoms with Gasteiger partial charge in [-0.25, -0.2) is 0 Å². The van der Waals surface area contributed by atoms with Crippen LogP contribution in [0.15, 0.2) is 42.5 Å². The molecule has 0 fully saturated rings. The van der Waals surface area contributed by atoms with Gasteiger partial charge in [-0.3, -0.25) is 10.1 Å². The highest BCUT2D eigenvalue weighted by atomic mass is 35.5. The first-order valence-electron chi connectivity index (χ1n) is 8.26. The molecule has 142 valence electrons.